The van der Waals surface area contributed by atoms with Crippen LogP contribution in [-0.2, 0) is 9.53 Å². The molecule has 0 bridgehead atoms. The molecular formula is C24H19FN2O5S. The topological polar surface area (TPSA) is 79.1 Å². The van der Waals surface area contributed by atoms with Crippen LogP contribution >= 0.6 is 11.3 Å². The van der Waals surface area contributed by atoms with E-state index in [2.05, 4.69) is 4.99 Å². The predicted octanol–water partition coefficient (Wildman–Crippen LogP) is 2.67. The Morgan fingerprint density at radius 1 is 1.27 bits per heavy atom. The molecule has 1 aromatic heterocycles. The summed E-state index contributed by atoms with van der Waals surface area (Å²) in [6.07, 6.45) is 1.72. The highest BCUT2D eigenvalue weighted by molar-refractivity contribution is 7.07. The number of hydrogen-bond acceptors (Lipinski definition) is 7. The van der Waals surface area contributed by atoms with Crippen LogP contribution in [0.15, 0.2) is 63.5 Å². The average molecular weight is 466 g/mol. The number of rotatable bonds is 4. The smallest absolute Gasteiger partial charge is 0.338 e. The molecule has 33 heavy (non-hydrogen) atoms. The molecule has 2 aliphatic heterocycles. The minimum atomic E-state index is -0.986. The van der Waals surface area contributed by atoms with Crippen LogP contribution in [0.2, 0.25) is 0 Å². The number of fused-ring (bicyclic) bond motifs is 2. The van der Waals surface area contributed by atoms with Crippen LogP contribution in [0.25, 0.3) is 6.08 Å². The fourth-order valence-electron chi connectivity index (χ4n) is 3.94. The van der Waals surface area contributed by atoms with Crippen molar-refractivity contribution in [1.82, 2.24) is 4.57 Å². The van der Waals surface area contributed by atoms with Gasteiger partial charge in [-0.2, -0.15) is 0 Å². The number of halogens is 1. The average Bonchev–Trinajstić information content (AvgIpc) is 3.37. The molecular weight excluding hydrogens is 447 g/mol. The zero-order chi connectivity index (χ0) is 23.1. The zero-order valence-electron chi connectivity index (χ0n) is 17.8. The number of esters is 1. The van der Waals surface area contributed by atoms with Crippen molar-refractivity contribution in [2.45, 2.75) is 19.9 Å². The number of allylic oxidation sites excluding steroid dienone is 1. The largest absolute Gasteiger partial charge is 0.463 e. The number of nitrogens with zero attached hydrogens (tertiary/aromatic N) is 2. The summed E-state index contributed by atoms with van der Waals surface area (Å²) < 4.78 is 32.6. The maximum absolute atomic E-state index is 14.9. The van der Waals surface area contributed by atoms with E-state index < -0.39 is 17.8 Å². The summed E-state index contributed by atoms with van der Waals surface area (Å²) in [4.78, 5) is 31.2. The van der Waals surface area contributed by atoms with Gasteiger partial charge in [-0.3, -0.25) is 9.36 Å². The summed E-state index contributed by atoms with van der Waals surface area (Å²) in [6, 6.07) is 10.5. The monoisotopic (exact) mass is 466 g/mol. The van der Waals surface area contributed by atoms with Gasteiger partial charge in [-0.15, -0.1) is 0 Å². The van der Waals surface area contributed by atoms with Crippen molar-refractivity contribution in [3.63, 3.8) is 0 Å². The highest BCUT2D eigenvalue weighted by Gasteiger charge is 2.34. The lowest BCUT2D eigenvalue weighted by Gasteiger charge is -2.24. The molecule has 0 radical (unpaired) electrons. The summed E-state index contributed by atoms with van der Waals surface area (Å²) in [5, 5.41) is 0. The lowest BCUT2D eigenvalue weighted by atomic mass is 9.95. The second-order valence-corrected chi connectivity index (χ2v) is 8.45. The highest BCUT2D eigenvalue weighted by Crippen LogP contribution is 2.33. The van der Waals surface area contributed by atoms with E-state index >= 15 is 0 Å². The van der Waals surface area contributed by atoms with Gasteiger partial charge in [0.05, 0.1) is 22.4 Å². The van der Waals surface area contributed by atoms with E-state index in [1.54, 1.807) is 50.3 Å². The van der Waals surface area contributed by atoms with Crippen molar-refractivity contribution < 1.29 is 23.4 Å². The summed E-state index contributed by atoms with van der Waals surface area (Å²) in [5.74, 6) is 0.0884. The standard InChI is InChI=1S/C24H19FN2O5S/c1-3-30-23(29)20-13(2)26-24-27(21(20)15-6-4-5-7-16(15)25)22(28)19(33-24)11-14-8-9-17-18(10-14)32-12-31-17/h4-11,21H,3,12H2,1-2H3/t21-/m1/s1. The molecule has 168 valence electrons. The number of ether oxygens (including phenoxy) is 3. The summed E-state index contributed by atoms with van der Waals surface area (Å²) >= 11 is 1.17. The molecule has 5 rings (SSSR count). The van der Waals surface area contributed by atoms with Gasteiger partial charge in [0.2, 0.25) is 6.79 Å². The number of hydrogen-bond donors (Lipinski definition) is 0. The van der Waals surface area contributed by atoms with Crippen LogP contribution in [0, 0.1) is 5.82 Å². The molecule has 7 nitrogen and oxygen atoms in total. The Labute approximate surface area is 191 Å². The Hall–Kier alpha value is -3.72. The van der Waals surface area contributed by atoms with E-state index in [0.29, 0.717) is 26.5 Å². The molecule has 0 saturated carbocycles. The minimum absolute atomic E-state index is 0.143. The van der Waals surface area contributed by atoms with Gasteiger partial charge in [-0.1, -0.05) is 35.6 Å². The van der Waals surface area contributed by atoms with Gasteiger partial charge in [0, 0.05) is 5.56 Å². The fraction of sp³-hybridized carbons (Fsp3) is 0.208. The van der Waals surface area contributed by atoms with Crippen LogP contribution in [0.5, 0.6) is 11.5 Å². The Kier molecular flexibility index (Phi) is 5.33. The lowest BCUT2D eigenvalue weighted by molar-refractivity contribution is -0.139. The van der Waals surface area contributed by atoms with Crippen LogP contribution < -0.4 is 24.4 Å². The Morgan fingerprint density at radius 3 is 2.85 bits per heavy atom. The molecule has 0 aliphatic carbocycles. The van der Waals surface area contributed by atoms with Crippen molar-refractivity contribution in [3.8, 4) is 11.5 Å². The van der Waals surface area contributed by atoms with Crippen LogP contribution in [0.4, 0.5) is 4.39 Å². The van der Waals surface area contributed by atoms with Crippen molar-refractivity contribution in [1.29, 1.82) is 0 Å². The lowest BCUT2D eigenvalue weighted by Crippen LogP contribution is -2.40. The third kappa shape index (κ3) is 3.64. The fourth-order valence-corrected chi connectivity index (χ4v) is 4.98. The maximum atomic E-state index is 14.9. The molecule has 2 aliphatic rings. The summed E-state index contributed by atoms with van der Waals surface area (Å²) in [7, 11) is 0. The molecule has 1 atom stereocenters. The maximum Gasteiger partial charge on any atom is 0.338 e. The normalized spacial score (nSPS) is 17.1. The molecule has 0 amide bonds. The van der Waals surface area contributed by atoms with Crippen molar-refractivity contribution in [2.24, 2.45) is 4.99 Å². The van der Waals surface area contributed by atoms with Crippen LogP contribution in [0.1, 0.15) is 31.0 Å². The van der Waals surface area contributed by atoms with E-state index in [0.717, 1.165) is 5.56 Å². The van der Waals surface area contributed by atoms with E-state index in [1.807, 2.05) is 6.07 Å². The van der Waals surface area contributed by atoms with Crippen molar-refractivity contribution in [3.05, 3.63) is 90.4 Å². The zero-order valence-corrected chi connectivity index (χ0v) is 18.6. The first kappa shape index (κ1) is 21.1. The molecule has 0 saturated heterocycles. The Bertz CT molecular complexity index is 1490. The van der Waals surface area contributed by atoms with E-state index in [9.17, 15) is 14.0 Å². The van der Waals surface area contributed by atoms with Crippen molar-refractivity contribution >= 4 is 23.4 Å². The van der Waals surface area contributed by atoms with Gasteiger partial charge in [0.1, 0.15) is 11.9 Å². The van der Waals surface area contributed by atoms with E-state index in [-0.39, 0.29) is 30.1 Å². The highest BCUT2D eigenvalue weighted by atomic mass is 32.1. The third-order valence-corrected chi connectivity index (χ3v) is 6.39. The Morgan fingerprint density at radius 2 is 2.06 bits per heavy atom. The molecule has 0 unspecified atom stereocenters. The summed E-state index contributed by atoms with van der Waals surface area (Å²) in [6.45, 7) is 3.65. The first-order valence-electron chi connectivity index (χ1n) is 10.3. The second-order valence-electron chi connectivity index (χ2n) is 7.44. The van der Waals surface area contributed by atoms with E-state index in [4.69, 9.17) is 14.2 Å². The second kappa shape index (κ2) is 8.32. The quantitative estimate of drug-likeness (QED) is 0.553. The van der Waals surface area contributed by atoms with E-state index in [1.165, 1.54) is 22.0 Å². The van der Waals surface area contributed by atoms with Crippen LogP contribution in [-0.4, -0.2) is 23.9 Å². The van der Waals surface area contributed by atoms with Gasteiger partial charge >= 0.3 is 5.97 Å². The van der Waals surface area contributed by atoms with Gasteiger partial charge in [-0.25, -0.2) is 14.2 Å². The van der Waals surface area contributed by atoms with Gasteiger partial charge in [0.25, 0.3) is 5.56 Å². The number of aromatic nitrogens is 1. The molecule has 9 heteroatoms. The SMILES string of the molecule is CCOC(=O)C1=C(C)N=c2sc(=Cc3ccc4c(c3)OCO4)c(=O)n2[C@@H]1c1ccccc1F. The number of benzene rings is 2. The van der Waals surface area contributed by atoms with Crippen molar-refractivity contribution in [2.75, 3.05) is 13.4 Å². The summed E-state index contributed by atoms with van der Waals surface area (Å²) in [5.41, 5.74) is 1.10. The van der Waals surface area contributed by atoms with Gasteiger partial charge in [0.15, 0.2) is 16.3 Å². The molecule has 3 aromatic rings. The molecule has 3 heterocycles. The number of carbonyl (C=O) groups is 1. The first-order valence-corrected chi connectivity index (χ1v) is 11.1. The molecule has 2 aromatic carbocycles. The molecule has 0 N–H and O–H groups in total. The first-order chi connectivity index (χ1) is 16.0. The molecule has 0 fully saturated rings. The third-order valence-electron chi connectivity index (χ3n) is 5.41. The Balaban J connectivity index is 1.71. The van der Waals surface area contributed by atoms with Crippen LogP contribution in [0.3, 0.4) is 0 Å². The number of carbonyl (C=O) groups excluding carboxylic acids is 1. The van der Waals surface area contributed by atoms with Gasteiger partial charge < -0.3 is 14.2 Å². The predicted molar refractivity (Wildman–Crippen MR) is 119 cm³/mol. The van der Waals surface area contributed by atoms with Gasteiger partial charge in [-0.05, 0) is 43.7 Å². The number of thiazole rings is 1. The minimum Gasteiger partial charge on any atom is -0.463 e. The molecule has 0 spiro atoms.